The molecule has 0 saturated carbocycles. The molecule has 2 heterocycles. The summed E-state index contributed by atoms with van der Waals surface area (Å²) >= 11 is 0. The lowest BCUT2D eigenvalue weighted by Crippen LogP contribution is -2.65. The van der Waals surface area contributed by atoms with E-state index in [0.717, 1.165) is 11.1 Å². The van der Waals surface area contributed by atoms with Crippen LogP contribution in [0, 0.1) is 24.2 Å². The lowest BCUT2D eigenvalue weighted by Gasteiger charge is -2.37. The van der Waals surface area contributed by atoms with Gasteiger partial charge in [0.05, 0.1) is 41.5 Å². The summed E-state index contributed by atoms with van der Waals surface area (Å²) in [6, 6.07) is 22.2. The van der Waals surface area contributed by atoms with E-state index < -0.39 is 80.7 Å². The minimum atomic E-state index is -3.92. The van der Waals surface area contributed by atoms with Crippen molar-refractivity contribution in [1.29, 1.82) is 0 Å². The number of carbonyl (C=O) groups is 6. The highest BCUT2D eigenvalue weighted by atomic mass is 32.2. The quantitative estimate of drug-likeness (QED) is 0.0283. The molecule has 3 aromatic carbocycles. The van der Waals surface area contributed by atoms with Gasteiger partial charge in [-0.05, 0) is 86.3 Å². The molecule has 0 unspecified atom stereocenters. The van der Waals surface area contributed by atoms with Crippen LogP contribution < -0.4 is 21.3 Å². The van der Waals surface area contributed by atoms with Crippen molar-refractivity contribution in [2.24, 2.45) is 11.8 Å². The molecule has 0 aliphatic carbocycles. The third-order valence-corrected chi connectivity index (χ3v) is 11.6. The average molecular weight is 974 g/mol. The number of benzene rings is 3. The number of amides is 4. The normalized spacial score (nSPS) is 17.9. The summed E-state index contributed by atoms with van der Waals surface area (Å²) in [5.74, 6) is -0.987. The number of morpholine rings is 1. The van der Waals surface area contributed by atoms with Gasteiger partial charge in [-0.3, -0.25) is 19.2 Å². The van der Waals surface area contributed by atoms with E-state index in [4.69, 9.17) is 33.6 Å². The summed E-state index contributed by atoms with van der Waals surface area (Å²) in [5, 5.41) is 12.2. The van der Waals surface area contributed by atoms with Gasteiger partial charge in [0, 0.05) is 24.4 Å². The second-order valence-electron chi connectivity index (χ2n) is 18.6. The summed E-state index contributed by atoms with van der Waals surface area (Å²) in [6.07, 6.45) is 7.87. The van der Waals surface area contributed by atoms with Crippen LogP contribution in [0.25, 0.3) is 0 Å². The number of aryl methyl sites for hydroxylation is 1. The first-order valence-electron chi connectivity index (χ1n) is 23.2. The molecule has 374 valence electrons. The molecule has 4 amide bonds. The Bertz CT molecular complexity index is 2340. The first-order chi connectivity index (χ1) is 32.6. The standard InChI is InChI=1S/C50H63N5O9.CH4O3S/c1-7-36-18-21-39(22-19-36)49(61)63-33-55(24-26-62-27-25-55)48(60)47(59)53-41(23-20-37-14-10-8-11-15-37)45(57)54-43(29-35(4)5)46(58)52-40(30-38-16-12-9-13-17-38)31-51-42(28-34(2)3)44(56)50(6)32-64-50;1-5(2,3)4/h1,8-19,21-22,34-35,40-43,51H,20,23-33H2,2-6H3,(H2-,52,53,54,57,58,59);1H3,(H,2,3,4)/t40-,41-,42-,43-,50+;/m0./s1. The van der Waals surface area contributed by atoms with Crippen molar-refractivity contribution in [1.82, 2.24) is 21.3 Å². The summed E-state index contributed by atoms with van der Waals surface area (Å²) in [4.78, 5) is 83.4. The molecule has 2 saturated heterocycles. The number of nitrogens with zero attached hydrogens (tertiary/aromatic N) is 1. The maximum Gasteiger partial charge on any atom is 0.406 e. The number of quaternary nitrogens is 1. The van der Waals surface area contributed by atoms with Crippen LogP contribution in [0.5, 0.6) is 0 Å². The van der Waals surface area contributed by atoms with E-state index in [1.54, 1.807) is 19.1 Å². The predicted molar refractivity (Wildman–Crippen MR) is 257 cm³/mol. The highest BCUT2D eigenvalue weighted by Gasteiger charge is 2.50. The van der Waals surface area contributed by atoms with E-state index >= 15 is 0 Å². The molecule has 5 rings (SSSR count). The number of rotatable bonds is 22. The van der Waals surface area contributed by atoms with Gasteiger partial charge in [-0.15, -0.1) is 6.42 Å². The molecule has 2 fully saturated rings. The van der Waals surface area contributed by atoms with Crippen LogP contribution in [0.15, 0.2) is 84.9 Å². The second kappa shape index (κ2) is 26.2. The zero-order chi connectivity index (χ0) is 50.8. The Labute approximate surface area is 406 Å². The van der Waals surface area contributed by atoms with Crippen molar-refractivity contribution in [3.05, 3.63) is 107 Å². The highest BCUT2D eigenvalue weighted by Crippen LogP contribution is 2.29. The highest BCUT2D eigenvalue weighted by molar-refractivity contribution is 7.84. The Balaban J connectivity index is 0.00000197. The third kappa shape index (κ3) is 18.9. The number of esters is 1. The minimum absolute atomic E-state index is 0.0170. The van der Waals surface area contributed by atoms with Crippen molar-refractivity contribution in [3.63, 3.8) is 0 Å². The Morgan fingerprint density at radius 3 is 1.87 bits per heavy atom. The van der Waals surface area contributed by atoms with Gasteiger partial charge < -0.3 is 40.0 Å². The van der Waals surface area contributed by atoms with Crippen LogP contribution in [-0.4, -0.2) is 135 Å². The Kier molecular flexibility index (Phi) is 21.2. The van der Waals surface area contributed by atoms with E-state index in [1.165, 1.54) is 12.1 Å². The molecule has 69 heavy (non-hydrogen) atoms. The zero-order valence-corrected chi connectivity index (χ0v) is 41.2. The topological polar surface area (TPSA) is 239 Å². The van der Waals surface area contributed by atoms with Crippen LogP contribution in [0.4, 0.5) is 0 Å². The molecule has 5 atom stereocenters. The third-order valence-electron chi connectivity index (χ3n) is 11.6. The van der Waals surface area contributed by atoms with E-state index in [9.17, 15) is 28.8 Å². The van der Waals surface area contributed by atoms with Crippen molar-refractivity contribution in [2.75, 3.05) is 52.4 Å². The summed E-state index contributed by atoms with van der Waals surface area (Å²) in [5.41, 5.74) is 1.88. The van der Waals surface area contributed by atoms with Gasteiger partial charge in [0.25, 0.3) is 0 Å². The Morgan fingerprint density at radius 2 is 1.33 bits per heavy atom. The number of hydrogen-bond acceptors (Lipinski definition) is 13. The van der Waals surface area contributed by atoms with E-state index in [0.29, 0.717) is 37.7 Å². The Morgan fingerprint density at radius 1 is 0.797 bits per heavy atom. The fourth-order valence-corrected chi connectivity index (χ4v) is 7.72. The summed E-state index contributed by atoms with van der Waals surface area (Å²) < 4.78 is 43.3. The van der Waals surface area contributed by atoms with Gasteiger partial charge in [-0.2, -0.15) is 0 Å². The molecule has 0 spiro atoms. The fourth-order valence-electron chi connectivity index (χ4n) is 7.72. The maximum atomic E-state index is 14.4. The molecule has 2 aliphatic heterocycles. The number of terminal acetylenes is 1. The van der Waals surface area contributed by atoms with E-state index in [-0.39, 0.29) is 68.9 Å². The molecule has 18 heteroatoms. The second-order valence-corrected chi connectivity index (χ2v) is 20.0. The van der Waals surface area contributed by atoms with Crippen LogP contribution in [-0.2, 0) is 61.1 Å². The molecule has 0 aromatic heterocycles. The van der Waals surface area contributed by atoms with Crippen molar-refractivity contribution in [2.45, 2.75) is 96.5 Å². The van der Waals surface area contributed by atoms with Crippen LogP contribution in [0.2, 0.25) is 0 Å². The van der Waals surface area contributed by atoms with Crippen molar-refractivity contribution >= 4 is 45.5 Å². The number of Topliss-reactive ketones (excluding diaryl/α,β-unsaturated/α-hetero) is 1. The van der Waals surface area contributed by atoms with Gasteiger partial charge in [0.2, 0.25) is 18.5 Å². The maximum absolute atomic E-state index is 14.4. The van der Waals surface area contributed by atoms with Gasteiger partial charge >= 0.3 is 17.8 Å². The van der Waals surface area contributed by atoms with Gasteiger partial charge in [0.1, 0.15) is 30.8 Å². The molecule has 0 bridgehead atoms. The van der Waals surface area contributed by atoms with Gasteiger partial charge in [0.15, 0.2) is 5.78 Å². The predicted octanol–water partition coefficient (Wildman–Crippen LogP) is 3.06. The number of nitrogens with one attached hydrogen (secondary N) is 4. The monoisotopic (exact) mass is 973 g/mol. The SMILES string of the molecule is C#Cc1ccc(C(=O)OC[N+]2(C(=O)C(=O)N[C@@H](CCc3ccccc3)C(=O)N[C@@H](CC(C)C)C(=O)N[C@H](CN[C@@H](CC(C)C)C(=O)[C@@]3(C)CO3)Cc3ccccc3)CCOCC2)cc1.CS(=O)(=O)[O-]. The summed E-state index contributed by atoms with van der Waals surface area (Å²) in [7, 11) is -3.92. The van der Waals surface area contributed by atoms with Crippen molar-refractivity contribution in [3.8, 4) is 12.3 Å². The smallest absolute Gasteiger partial charge is 0.406 e. The van der Waals surface area contributed by atoms with Crippen molar-refractivity contribution < 1.29 is 60.4 Å². The minimum Gasteiger partial charge on any atom is -0.748 e. The lowest BCUT2D eigenvalue weighted by atomic mass is 9.93. The molecular weight excluding hydrogens is 907 g/mol. The first-order valence-corrected chi connectivity index (χ1v) is 25.0. The average Bonchev–Trinajstić information content (AvgIpc) is 4.08. The number of epoxide rings is 1. The first kappa shape index (κ1) is 55.8. The lowest BCUT2D eigenvalue weighted by molar-refractivity contribution is -0.876. The molecular formula is C51H67N5O12S. The van der Waals surface area contributed by atoms with Crippen LogP contribution in [0.3, 0.4) is 0 Å². The molecule has 0 radical (unpaired) electrons. The zero-order valence-electron chi connectivity index (χ0n) is 40.4. The van der Waals surface area contributed by atoms with Gasteiger partial charge in [-0.1, -0.05) is 94.3 Å². The fraction of sp³-hybridized carbons (Fsp3) is 0.490. The number of ether oxygens (including phenoxy) is 3. The van der Waals surface area contributed by atoms with Crippen LogP contribution >= 0.6 is 0 Å². The van der Waals surface area contributed by atoms with E-state index in [1.807, 2.05) is 74.5 Å². The van der Waals surface area contributed by atoms with Gasteiger partial charge in [-0.25, -0.2) is 22.5 Å². The van der Waals surface area contributed by atoms with E-state index in [2.05, 4.69) is 41.0 Å². The largest absolute Gasteiger partial charge is 0.748 e. The molecule has 17 nitrogen and oxygen atoms in total. The molecule has 3 aromatic rings. The molecule has 2 aliphatic rings. The summed E-state index contributed by atoms with van der Waals surface area (Å²) in [6.45, 7) is 10.4. The Hall–Kier alpha value is -5.81. The van der Waals surface area contributed by atoms with Crippen LogP contribution in [0.1, 0.15) is 80.9 Å². The molecule has 4 N–H and O–H groups in total. The number of ketones is 1. The number of hydrogen-bond donors (Lipinski definition) is 4. The number of carbonyl (C=O) groups excluding carboxylic acids is 6.